The highest BCUT2D eigenvalue weighted by molar-refractivity contribution is 7.17. The van der Waals surface area contributed by atoms with Crippen LogP contribution in [-0.2, 0) is 5.66 Å². The van der Waals surface area contributed by atoms with Crippen LogP contribution in [-0.4, -0.2) is 21.0 Å². The van der Waals surface area contributed by atoms with Gasteiger partial charge in [-0.3, -0.25) is 4.79 Å². The van der Waals surface area contributed by atoms with Gasteiger partial charge in [0.1, 0.15) is 17.4 Å². The molecule has 4 aromatic rings. The lowest BCUT2D eigenvalue weighted by Gasteiger charge is -2.14. The molecule has 5 nitrogen and oxygen atoms in total. The van der Waals surface area contributed by atoms with Gasteiger partial charge >= 0.3 is 0 Å². The summed E-state index contributed by atoms with van der Waals surface area (Å²) in [5, 5.41) is 12.1. The van der Waals surface area contributed by atoms with E-state index in [2.05, 4.69) is 15.3 Å². The Hall–Kier alpha value is -3.38. The Morgan fingerprint density at radius 3 is 2.60 bits per heavy atom. The van der Waals surface area contributed by atoms with E-state index in [1.807, 2.05) is 0 Å². The zero-order valence-corrected chi connectivity index (χ0v) is 16.4. The van der Waals surface area contributed by atoms with Crippen LogP contribution in [0.25, 0.3) is 22.4 Å². The first-order chi connectivity index (χ1) is 14.2. The van der Waals surface area contributed by atoms with Crippen LogP contribution in [0.15, 0.2) is 60.7 Å². The van der Waals surface area contributed by atoms with Crippen LogP contribution >= 0.6 is 9.24 Å². The maximum absolute atomic E-state index is 14.4. The average Bonchev–Trinajstić information content (AvgIpc) is 3.09. The second-order valence-corrected chi connectivity index (χ2v) is 7.33. The normalized spacial score (nSPS) is 11.6. The molecule has 0 bridgehead atoms. The van der Waals surface area contributed by atoms with Gasteiger partial charge in [0.2, 0.25) is 0 Å². The number of rotatable bonds is 4. The number of carbonyl (C=O) groups excluding carboxylic acids is 1. The maximum atomic E-state index is 14.4. The minimum atomic E-state index is -3.34. The molecule has 1 amide bonds. The number of hydrogen-bond acceptors (Lipinski definition) is 3. The second-order valence-electron chi connectivity index (χ2n) is 6.61. The van der Waals surface area contributed by atoms with Crippen molar-refractivity contribution in [1.82, 2.24) is 9.97 Å². The van der Waals surface area contributed by atoms with Crippen molar-refractivity contribution in [2.45, 2.75) is 5.66 Å². The number of nitrogens with zero attached hydrogens (tertiary/aromatic N) is 1. The quantitative estimate of drug-likeness (QED) is 0.388. The molecule has 152 valence electrons. The van der Waals surface area contributed by atoms with Gasteiger partial charge in [0.25, 0.3) is 11.6 Å². The van der Waals surface area contributed by atoms with Crippen LogP contribution in [0.3, 0.4) is 0 Å². The van der Waals surface area contributed by atoms with Crippen molar-refractivity contribution in [3.05, 3.63) is 77.6 Å². The molecule has 1 heterocycles. The van der Waals surface area contributed by atoms with Gasteiger partial charge in [0.15, 0.2) is 0 Å². The summed E-state index contributed by atoms with van der Waals surface area (Å²) in [6.45, 7) is 0. The van der Waals surface area contributed by atoms with Crippen LogP contribution < -0.4 is 5.32 Å². The van der Waals surface area contributed by atoms with Crippen molar-refractivity contribution < 1.29 is 23.1 Å². The average molecular weight is 429 g/mol. The molecule has 3 aromatic carbocycles. The van der Waals surface area contributed by atoms with Crippen LogP contribution in [0.1, 0.15) is 15.9 Å². The lowest BCUT2D eigenvalue weighted by molar-refractivity contribution is 0.102. The van der Waals surface area contributed by atoms with Crippen molar-refractivity contribution >= 4 is 31.9 Å². The van der Waals surface area contributed by atoms with Crippen LogP contribution in [0.5, 0.6) is 5.75 Å². The molecule has 0 aliphatic carbocycles. The van der Waals surface area contributed by atoms with Crippen molar-refractivity contribution in [2.75, 3.05) is 5.32 Å². The summed E-state index contributed by atoms with van der Waals surface area (Å²) in [4.78, 5) is 19.5. The standard InChI is InChI=1S/C21H15F3N3O2P/c22-15-6-2-5-14(21(23,24)30)18(15)19-26-16-8-7-11(9-17(16)27-19)20(29)25-12-3-1-4-13(28)10-12/h1-10,28H,30H2,(H,25,29)(H,26,27). The molecule has 0 aliphatic heterocycles. The number of alkyl halides is 2. The zero-order chi connectivity index (χ0) is 21.5. The van der Waals surface area contributed by atoms with Gasteiger partial charge in [-0.2, -0.15) is 8.78 Å². The Balaban J connectivity index is 1.71. The Morgan fingerprint density at radius 1 is 1.10 bits per heavy atom. The molecule has 0 fully saturated rings. The monoisotopic (exact) mass is 429 g/mol. The number of imidazole rings is 1. The fourth-order valence-electron chi connectivity index (χ4n) is 3.10. The van der Waals surface area contributed by atoms with Crippen molar-refractivity contribution in [1.29, 1.82) is 0 Å². The van der Waals surface area contributed by atoms with Gasteiger partial charge in [0, 0.05) is 22.9 Å². The highest BCUT2D eigenvalue weighted by atomic mass is 31.0. The number of aromatic nitrogens is 2. The molecular weight excluding hydrogens is 414 g/mol. The molecule has 0 radical (unpaired) electrons. The summed E-state index contributed by atoms with van der Waals surface area (Å²) < 4.78 is 42.2. The Bertz CT molecular complexity index is 1270. The fourth-order valence-corrected chi connectivity index (χ4v) is 3.34. The second kappa shape index (κ2) is 7.46. The molecule has 9 heteroatoms. The molecule has 3 N–H and O–H groups in total. The third-order valence-corrected chi connectivity index (χ3v) is 4.77. The summed E-state index contributed by atoms with van der Waals surface area (Å²) in [5.74, 6) is -1.34. The summed E-state index contributed by atoms with van der Waals surface area (Å²) in [6, 6.07) is 14.0. The van der Waals surface area contributed by atoms with Gasteiger partial charge in [-0.25, -0.2) is 9.37 Å². The smallest absolute Gasteiger partial charge is 0.284 e. The van der Waals surface area contributed by atoms with Crippen LogP contribution in [0, 0.1) is 5.82 Å². The predicted octanol–water partition coefficient (Wildman–Crippen LogP) is 5.25. The highest BCUT2D eigenvalue weighted by Gasteiger charge is 2.31. The number of amides is 1. The number of fused-ring (bicyclic) bond motifs is 1. The molecular formula is C21H15F3N3O2P. The third-order valence-electron chi connectivity index (χ3n) is 4.46. The molecule has 0 spiro atoms. The summed E-state index contributed by atoms with van der Waals surface area (Å²) in [7, 11) is 1.39. The Morgan fingerprint density at radius 2 is 1.87 bits per heavy atom. The molecule has 0 saturated carbocycles. The largest absolute Gasteiger partial charge is 0.508 e. The van der Waals surface area contributed by atoms with E-state index >= 15 is 0 Å². The molecule has 0 saturated heterocycles. The number of benzene rings is 3. The molecule has 1 aromatic heterocycles. The lowest BCUT2D eigenvalue weighted by atomic mass is 10.1. The van der Waals surface area contributed by atoms with Gasteiger partial charge < -0.3 is 15.4 Å². The van der Waals surface area contributed by atoms with Crippen molar-refractivity contribution in [2.24, 2.45) is 0 Å². The van der Waals surface area contributed by atoms with E-state index in [0.717, 1.165) is 12.1 Å². The van der Waals surface area contributed by atoms with Crippen molar-refractivity contribution in [3.8, 4) is 17.1 Å². The number of phenolic OH excluding ortho intramolecular Hbond substituents is 1. The van der Waals surface area contributed by atoms with Gasteiger partial charge in [0.05, 0.1) is 16.6 Å². The first kappa shape index (κ1) is 19.9. The van der Waals surface area contributed by atoms with Gasteiger partial charge in [-0.15, -0.1) is 0 Å². The number of phenols is 1. The summed E-state index contributed by atoms with van der Waals surface area (Å²) >= 11 is 0. The fraction of sp³-hybridized carbons (Fsp3) is 0.0476. The van der Waals surface area contributed by atoms with E-state index in [4.69, 9.17) is 0 Å². The first-order valence-electron chi connectivity index (χ1n) is 8.78. The van der Waals surface area contributed by atoms with E-state index in [-0.39, 0.29) is 22.7 Å². The predicted molar refractivity (Wildman–Crippen MR) is 111 cm³/mol. The lowest BCUT2D eigenvalue weighted by Crippen LogP contribution is -2.11. The van der Waals surface area contributed by atoms with E-state index < -0.39 is 23.0 Å². The number of H-pyrrole nitrogens is 1. The number of aromatic amines is 1. The maximum Gasteiger partial charge on any atom is 0.284 e. The van der Waals surface area contributed by atoms with E-state index in [0.29, 0.717) is 16.7 Å². The molecule has 1 atom stereocenters. The minimum Gasteiger partial charge on any atom is -0.508 e. The number of carbonyl (C=O) groups is 1. The minimum absolute atomic E-state index is 0.00745. The number of hydrogen-bond donors (Lipinski definition) is 3. The van der Waals surface area contributed by atoms with Gasteiger partial charge in [-0.1, -0.05) is 27.4 Å². The molecule has 30 heavy (non-hydrogen) atoms. The van der Waals surface area contributed by atoms with E-state index in [1.165, 1.54) is 45.6 Å². The van der Waals surface area contributed by atoms with Crippen molar-refractivity contribution in [3.63, 3.8) is 0 Å². The third kappa shape index (κ3) is 3.86. The summed E-state index contributed by atoms with van der Waals surface area (Å²) in [6.07, 6.45) is 0. The number of halogens is 3. The van der Waals surface area contributed by atoms with E-state index in [9.17, 15) is 23.1 Å². The molecule has 4 rings (SSSR count). The molecule has 0 aliphatic rings. The highest BCUT2D eigenvalue weighted by Crippen LogP contribution is 2.41. The first-order valence-corrected chi connectivity index (χ1v) is 9.36. The van der Waals surface area contributed by atoms with E-state index in [1.54, 1.807) is 12.1 Å². The SMILES string of the molecule is O=C(Nc1cccc(O)c1)c1ccc2nc(-c3c(F)cccc3C(F)(F)P)[nH]c2c1. The number of nitrogens with one attached hydrogen (secondary N) is 2. The Labute approximate surface area is 171 Å². The van der Waals surface area contributed by atoms with Gasteiger partial charge in [-0.05, 0) is 36.4 Å². The molecule has 1 unspecified atom stereocenters. The zero-order valence-electron chi connectivity index (χ0n) is 15.3. The van der Waals surface area contributed by atoms with Crippen LogP contribution in [0.2, 0.25) is 0 Å². The Kier molecular flexibility index (Phi) is 4.95. The topological polar surface area (TPSA) is 78.0 Å². The number of anilines is 1. The number of aromatic hydroxyl groups is 1. The van der Waals surface area contributed by atoms with Crippen LogP contribution in [0.4, 0.5) is 18.9 Å². The summed E-state index contributed by atoms with van der Waals surface area (Å²) in [5.41, 5.74) is -2.75.